The number of ether oxygens (including phenoxy) is 1. The van der Waals surface area contributed by atoms with E-state index in [2.05, 4.69) is 51.6 Å². The van der Waals surface area contributed by atoms with Crippen LogP contribution in [0.25, 0.3) is 32.2 Å². The lowest BCUT2D eigenvalue weighted by Crippen LogP contribution is -2.56. The summed E-state index contributed by atoms with van der Waals surface area (Å²) in [4.78, 5) is 24.4. The Morgan fingerprint density at radius 3 is 2.52 bits per heavy atom. The average molecular weight is 677 g/mol. The van der Waals surface area contributed by atoms with Crippen LogP contribution >= 0.6 is 11.3 Å². The minimum atomic E-state index is -0.729. The van der Waals surface area contributed by atoms with E-state index in [-0.39, 0.29) is 54.4 Å². The molecule has 3 aliphatic rings. The number of nitriles is 1. The lowest BCUT2D eigenvalue weighted by Gasteiger charge is -2.49. The van der Waals surface area contributed by atoms with Crippen molar-refractivity contribution < 1.29 is 17.9 Å². The molecule has 13 heteroatoms. The maximum Gasteiger partial charge on any atom is 0.319 e. The van der Waals surface area contributed by atoms with E-state index in [1.807, 2.05) is 11.9 Å². The molecular weight excluding hydrogens is 638 g/mol. The summed E-state index contributed by atoms with van der Waals surface area (Å²) in [5, 5.41) is 10.9. The average Bonchev–Trinajstić information content (AvgIpc) is 3.71. The van der Waals surface area contributed by atoms with Gasteiger partial charge in [0.05, 0.1) is 22.3 Å². The molecule has 2 saturated carbocycles. The molecule has 0 atom stereocenters. The number of nitrogens with zero attached hydrogens (tertiary/aromatic N) is 8. The van der Waals surface area contributed by atoms with Crippen molar-refractivity contribution in [2.45, 2.75) is 56.7 Å². The molecule has 4 aromatic rings. The maximum absolute atomic E-state index is 16.8. The Morgan fingerprint density at radius 2 is 1.90 bits per heavy atom. The third-order valence-electron chi connectivity index (χ3n) is 10.6. The van der Waals surface area contributed by atoms with Gasteiger partial charge in [-0.05, 0) is 77.9 Å². The molecular formula is C35H39F3N8OS. The van der Waals surface area contributed by atoms with Crippen LogP contribution in [0.3, 0.4) is 0 Å². The van der Waals surface area contributed by atoms with Crippen LogP contribution in [0, 0.1) is 28.4 Å². The summed E-state index contributed by atoms with van der Waals surface area (Å²) in [7, 11) is 6.10. The number of likely N-dealkylation sites (N-methyl/N-ethyl adjacent to an activating group) is 2. The topological polar surface area (TPSA) is 93.8 Å². The fraction of sp³-hybridized carbons (Fsp3) is 0.514. The van der Waals surface area contributed by atoms with Crippen molar-refractivity contribution in [2.75, 3.05) is 58.8 Å². The molecule has 1 saturated heterocycles. The van der Waals surface area contributed by atoms with E-state index < -0.39 is 17.8 Å². The summed E-state index contributed by atoms with van der Waals surface area (Å²) in [6.45, 7) is 6.84. The van der Waals surface area contributed by atoms with Crippen molar-refractivity contribution in [1.82, 2.24) is 24.8 Å². The SMILES string of the molecule is C=Nc1sc2c(F)ccc(-c3ncc4c(N(C)CC5(N(C)C)CCC5)nc(OCC5(CN6CCC(F)CC6)CC5)nc4c3F)c2c1C#N. The molecule has 1 aromatic carbocycles. The molecule has 0 amide bonds. The van der Waals surface area contributed by atoms with Crippen molar-refractivity contribution >= 4 is 49.9 Å². The van der Waals surface area contributed by atoms with Gasteiger partial charge in [-0.3, -0.25) is 9.98 Å². The molecule has 0 bridgehead atoms. The zero-order valence-electron chi connectivity index (χ0n) is 27.5. The molecule has 9 nitrogen and oxygen atoms in total. The minimum Gasteiger partial charge on any atom is -0.463 e. The molecule has 48 heavy (non-hydrogen) atoms. The number of pyridine rings is 1. The number of rotatable bonds is 11. The van der Waals surface area contributed by atoms with Gasteiger partial charge in [0.1, 0.15) is 40.1 Å². The van der Waals surface area contributed by atoms with Gasteiger partial charge in [0.15, 0.2) is 5.82 Å². The van der Waals surface area contributed by atoms with Crippen LogP contribution < -0.4 is 9.64 Å². The van der Waals surface area contributed by atoms with E-state index in [1.165, 1.54) is 12.1 Å². The van der Waals surface area contributed by atoms with Crippen molar-refractivity contribution in [2.24, 2.45) is 10.4 Å². The van der Waals surface area contributed by atoms with Gasteiger partial charge in [0.25, 0.3) is 0 Å². The smallest absolute Gasteiger partial charge is 0.319 e. The molecule has 0 unspecified atom stereocenters. The van der Waals surface area contributed by atoms with Gasteiger partial charge in [-0.2, -0.15) is 15.2 Å². The fourth-order valence-electron chi connectivity index (χ4n) is 7.26. The van der Waals surface area contributed by atoms with Crippen molar-refractivity contribution in [3.05, 3.63) is 35.5 Å². The van der Waals surface area contributed by atoms with Crippen molar-refractivity contribution in [1.29, 1.82) is 5.26 Å². The number of aliphatic imine (C=N–C) groups is 1. The predicted molar refractivity (Wildman–Crippen MR) is 183 cm³/mol. The fourth-order valence-corrected chi connectivity index (χ4v) is 8.25. The summed E-state index contributed by atoms with van der Waals surface area (Å²) in [5.41, 5.74) is 0.247. The molecule has 0 N–H and O–H groups in total. The molecule has 7 rings (SSSR count). The van der Waals surface area contributed by atoms with E-state index in [4.69, 9.17) is 9.72 Å². The first-order valence-electron chi connectivity index (χ1n) is 16.4. The molecule has 4 heterocycles. The van der Waals surface area contributed by atoms with E-state index in [1.54, 1.807) is 6.20 Å². The highest BCUT2D eigenvalue weighted by atomic mass is 32.1. The van der Waals surface area contributed by atoms with E-state index in [0.717, 1.165) is 63.1 Å². The number of aromatic nitrogens is 3. The molecule has 0 spiro atoms. The number of likely N-dealkylation sites (tertiary alicyclic amines) is 1. The lowest BCUT2D eigenvalue weighted by atomic mass is 9.75. The van der Waals surface area contributed by atoms with Crippen LogP contribution in [-0.4, -0.2) is 97.1 Å². The Hall–Kier alpha value is -3.86. The quantitative estimate of drug-likeness (QED) is 0.159. The Bertz CT molecular complexity index is 1920. The van der Waals surface area contributed by atoms with Crippen LogP contribution in [-0.2, 0) is 0 Å². The van der Waals surface area contributed by atoms with Gasteiger partial charge >= 0.3 is 6.01 Å². The number of anilines is 1. The highest BCUT2D eigenvalue weighted by molar-refractivity contribution is 7.23. The van der Waals surface area contributed by atoms with Gasteiger partial charge in [-0.1, -0.05) is 0 Å². The third kappa shape index (κ3) is 5.77. The second-order valence-corrected chi connectivity index (χ2v) is 14.9. The molecule has 2 aliphatic carbocycles. The number of fused-ring (bicyclic) bond motifs is 2. The number of thiophene rings is 1. The number of alkyl halides is 1. The highest BCUT2D eigenvalue weighted by Crippen LogP contribution is 2.48. The van der Waals surface area contributed by atoms with Crippen LogP contribution in [0.4, 0.5) is 24.0 Å². The van der Waals surface area contributed by atoms with E-state index in [9.17, 15) is 14.0 Å². The standard InChI is InChI=1S/C35H39F3N8OS/c1-40-32-23(16-39)26-22(6-7-25(37)30(26)48-32)28-27(38)29-24(17-41-28)31(45(4)19-35(44(2)3)10-5-11-35)43-33(42-29)47-20-34(12-13-34)18-46-14-8-21(36)9-15-46/h6-7,17,21H,1,5,8-15,18-20H2,2-4H3. The largest absolute Gasteiger partial charge is 0.463 e. The van der Waals surface area contributed by atoms with Gasteiger partial charge in [0.2, 0.25) is 0 Å². The second kappa shape index (κ2) is 12.5. The summed E-state index contributed by atoms with van der Waals surface area (Å²) in [5.74, 6) is -0.750. The van der Waals surface area contributed by atoms with E-state index >= 15 is 4.39 Å². The van der Waals surface area contributed by atoms with Gasteiger partial charge in [-0.25, -0.2) is 13.2 Å². The first kappa shape index (κ1) is 32.7. The number of benzene rings is 1. The Morgan fingerprint density at radius 1 is 1.15 bits per heavy atom. The van der Waals surface area contributed by atoms with Crippen LogP contribution in [0.15, 0.2) is 23.3 Å². The highest BCUT2D eigenvalue weighted by Gasteiger charge is 2.46. The number of hydrogen-bond acceptors (Lipinski definition) is 10. The maximum atomic E-state index is 16.8. The normalized spacial score (nSPS) is 19.0. The summed E-state index contributed by atoms with van der Waals surface area (Å²) in [6, 6.07) is 4.83. The Labute approximate surface area is 282 Å². The number of halogens is 3. The van der Waals surface area contributed by atoms with Gasteiger partial charge in [-0.15, -0.1) is 11.3 Å². The van der Waals surface area contributed by atoms with Crippen LogP contribution in [0.5, 0.6) is 6.01 Å². The summed E-state index contributed by atoms with van der Waals surface area (Å²) in [6.07, 6.45) is 7.12. The Kier molecular flexibility index (Phi) is 8.54. The van der Waals surface area contributed by atoms with Gasteiger partial charge < -0.3 is 19.4 Å². The van der Waals surface area contributed by atoms with Crippen molar-refractivity contribution in [3.8, 4) is 23.3 Å². The number of piperidine rings is 1. The molecule has 3 fully saturated rings. The summed E-state index contributed by atoms with van der Waals surface area (Å²) >= 11 is 0.989. The number of hydrogen-bond donors (Lipinski definition) is 0. The summed E-state index contributed by atoms with van der Waals surface area (Å²) < 4.78 is 52.0. The second-order valence-electron chi connectivity index (χ2n) is 13.9. The molecule has 0 radical (unpaired) electrons. The third-order valence-corrected chi connectivity index (χ3v) is 11.7. The van der Waals surface area contributed by atoms with Gasteiger partial charge in [0, 0.05) is 61.3 Å². The zero-order valence-corrected chi connectivity index (χ0v) is 28.3. The Balaban J connectivity index is 1.29. The monoisotopic (exact) mass is 676 g/mol. The first-order valence-corrected chi connectivity index (χ1v) is 17.2. The van der Waals surface area contributed by atoms with Crippen molar-refractivity contribution in [3.63, 3.8) is 0 Å². The van der Waals surface area contributed by atoms with E-state index in [0.29, 0.717) is 37.2 Å². The molecule has 252 valence electrons. The molecule has 3 aromatic heterocycles. The van der Waals surface area contributed by atoms with Crippen LogP contribution in [0.2, 0.25) is 0 Å². The molecule has 1 aliphatic heterocycles. The minimum absolute atomic E-state index is 0.0301. The first-order chi connectivity index (χ1) is 23.1. The van der Waals surface area contributed by atoms with Crippen LogP contribution in [0.1, 0.15) is 50.5 Å². The lowest BCUT2D eigenvalue weighted by molar-refractivity contribution is 0.0682. The predicted octanol–water partition coefficient (Wildman–Crippen LogP) is 6.90. The zero-order chi connectivity index (χ0) is 33.8.